The number of anilines is 1. The van der Waals surface area contributed by atoms with Crippen LogP contribution in [0.3, 0.4) is 0 Å². The lowest BCUT2D eigenvalue weighted by molar-refractivity contribution is -0.141. The lowest BCUT2D eigenvalue weighted by Crippen LogP contribution is -2.45. The topological polar surface area (TPSA) is 58.6 Å². The van der Waals surface area contributed by atoms with Gasteiger partial charge in [-0.3, -0.25) is 9.59 Å². The van der Waals surface area contributed by atoms with Gasteiger partial charge >= 0.3 is 0 Å². The molecule has 1 aromatic rings. The minimum Gasteiger partial charge on any atom is -0.497 e. The molecule has 0 bridgehead atoms. The molecule has 5 nitrogen and oxygen atoms in total. The maximum atomic E-state index is 12.9. The molecule has 1 aromatic carbocycles. The van der Waals surface area contributed by atoms with Crippen molar-refractivity contribution in [2.24, 2.45) is 11.8 Å². The number of carbonyl (C=O) groups is 2. The normalized spacial score (nSPS) is 23.2. The van der Waals surface area contributed by atoms with Gasteiger partial charge in [0.2, 0.25) is 11.8 Å². The van der Waals surface area contributed by atoms with E-state index in [0.717, 1.165) is 25.9 Å². The number of likely N-dealkylation sites (tertiary alicyclic amines) is 1. The zero-order valence-corrected chi connectivity index (χ0v) is 14.7. The number of piperidine rings is 1. The Morgan fingerprint density at radius 2 is 1.80 bits per heavy atom. The van der Waals surface area contributed by atoms with Crippen LogP contribution in [-0.2, 0) is 9.59 Å². The standard InChI is InChI=1S/C20H26N2O3/c1-25-16-9-7-8-15(14-16)21-19(23)17-10-3-4-11-18(17)20(24)22-12-5-2-6-13-22/h3-4,7-9,14,17-18H,2,5-6,10-13H2,1H3,(H,21,23). The van der Waals surface area contributed by atoms with E-state index in [1.54, 1.807) is 13.2 Å². The van der Waals surface area contributed by atoms with Crippen LogP contribution in [0.1, 0.15) is 32.1 Å². The van der Waals surface area contributed by atoms with Crippen LogP contribution in [-0.4, -0.2) is 36.9 Å². The Bertz CT molecular complexity index is 650. The van der Waals surface area contributed by atoms with E-state index in [-0.39, 0.29) is 23.7 Å². The lowest BCUT2D eigenvalue weighted by Gasteiger charge is -2.34. The molecule has 1 saturated heterocycles. The van der Waals surface area contributed by atoms with Gasteiger partial charge in [0, 0.05) is 24.8 Å². The van der Waals surface area contributed by atoms with Crippen LogP contribution >= 0.6 is 0 Å². The monoisotopic (exact) mass is 342 g/mol. The number of rotatable bonds is 4. The number of hydrogen-bond donors (Lipinski definition) is 1. The first-order chi connectivity index (χ1) is 12.2. The number of carbonyl (C=O) groups excluding carboxylic acids is 2. The summed E-state index contributed by atoms with van der Waals surface area (Å²) in [5.41, 5.74) is 0.697. The highest BCUT2D eigenvalue weighted by Gasteiger charge is 2.36. The quantitative estimate of drug-likeness (QED) is 0.855. The van der Waals surface area contributed by atoms with Crippen molar-refractivity contribution >= 4 is 17.5 Å². The predicted octanol–water partition coefficient (Wildman–Crippen LogP) is 3.23. The molecule has 2 unspecified atom stereocenters. The smallest absolute Gasteiger partial charge is 0.228 e. The van der Waals surface area contributed by atoms with Crippen LogP contribution in [0.5, 0.6) is 5.75 Å². The number of methoxy groups -OCH3 is 1. The molecule has 5 heteroatoms. The lowest BCUT2D eigenvalue weighted by atomic mass is 9.81. The zero-order valence-electron chi connectivity index (χ0n) is 14.7. The molecule has 1 fully saturated rings. The Labute approximate surface area is 149 Å². The Morgan fingerprint density at radius 3 is 2.52 bits per heavy atom. The number of benzene rings is 1. The second kappa shape index (κ2) is 8.19. The van der Waals surface area contributed by atoms with Crippen molar-refractivity contribution in [3.63, 3.8) is 0 Å². The summed E-state index contributed by atoms with van der Waals surface area (Å²) in [5.74, 6) is 0.171. The first-order valence-corrected chi connectivity index (χ1v) is 9.08. The van der Waals surface area contributed by atoms with Crippen LogP contribution in [0.25, 0.3) is 0 Å². The predicted molar refractivity (Wildman–Crippen MR) is 97.4 cm³/mol. The molecule has 0 radical (unpaired) electrons. The van der Waals surface area contributed by atoms with Crippen LogP contribution < -0.4 is 10.1 Å². The van der Waals surface area contributed by atoms with E-state index in [1.807, 2.05) is 35.3 Å². The molecule has 25 heavy (non-hydrogen) atoms. The van der Waals surface area contributed by atoms with E-state index in [9.17, 15) is 9.59 Å². The number of ether oxygens (including phenoxy) is 1. The van der Waals surface area contributed by atoms with E-state index in [0.29, 0.717) is 24.3 Å². The highest BCUT2D eigenvalue weighted by molar-refractivity contribution is 5.96. The van der Waals surface area contributed by atoms with E-state index in [4.69, 9.17) is 4.74 Å². The van der Waals surface area contributed by atoms with Crippen molar-refractivity contribution in [3.05, 3.63) is 36.4 Å². The Kier molecular flexibility index (Phi) is 5.74. The fourth-order valence-corrected chi connectivity index (χ4v) is 3.66. The number of amides is 2. The van der Waals surface area contributed by atoms with Crippen molar-refractivity contribution in [3.8, 4) is 5.75 Å². The molecule has 3 rings (SSSR count). The number of nitrogens with zero attached hydrogens (tertiary/aromatic N) is 1. The molecule has 0 saturated carbocycles. The summed E-state index contributed by atoms with van der Waals surface area (Å²) in [6.07, 6.45) is 8.61. The summed E-state index contributed by atoms with van der Waals surface area (Å²) in [6, 6.07) is 7.30. The highest BCUT2D eigenvalue weighted by atomic mass is 16.5. The average Bonchev–Trinajstić information content (AvgIpc) is 2.68. The number of allylic oxidation sites excluding steroid dienone is 2. The molecule has 1 N–H and O–H groups in total. The van der Waals surface area contributed by atoms with Gasteiger partial charge in [-0.25, -0.2) is 0 Å². The van der Waals surface area contributed by atoms with Gasteiger partial charge < -0.3 is 15.0 Å². The van der Waals surface area contributed by atoms with Crippen LogP contribution in [0.15, 0.2) is 36.4 Å². The van der Waals surface area contributed by atoms with Crippen LogP contribution in [0.2, 0.25) is 0 Å². The maximum Gasteiger partial charge on any atom is 0.228 e. The Hall–Kier alpha value is -2.30. The summed E-state index contributed by atoms with van der Waals surface area (Å²) in [7, 11) is 1.60. The molecular formula is C20H26N2O3. The van der Waals surface area contributed by atoms with Crippen molar-refractivity contribution in [2.45, 2.75) is 32.1 Å². The van der Waals surface area contributed by atoms with Crippen molar-refractivity contribution in [2.75, 3.05) is 25.5 Å². The van der Waals surface area contributed by atoms with E-state index in [1.165, 1.54) is 6.42 Å². The van der Waals surface area contributed by atoms with Crippen molar-refractivity contribution < 1.29 is 14.3 Å². The average molecular weight is 342 g/mol. The first-order valence-electron chi connectivity index (χ1n) is 9.08. The van der Waals surface area contributed by atoms with Gasteiger partial charge in [-0.2, -0.15) is 0 Å². The van der Waals surface area contributed by atoms with E-state index < -0.39 is 0 Å². The zero-order chi connectivity index (χ0) is 17.6. The fraction of sp³-hybridized carbons (Fsp3) is 0.500. The molecule has 1 aliphatic carbocycles. The molecule has 0 spiro atoms. The third-order valence-electron chi connectivity index (χ3n) is 5.09. The van der Waals surface area contributed by atoms with Gasteiger partial charge in [-0.1, -0.05) is 18.2 Å². The molecule has 2 amide bonds. The largest absolute Gasteiger partial charge is 0.497 e. The maximum absolute atomic E-state index is 12.9. The fourth-order valence-electron chi connectivity index (χ4n) is 3.66. The summed E-state index contributed by atoms with van der Waals surface area (Å²) in [5, 5.41) is 2.95. The minimum absolute atomic E-state index is 0.0898. The van der Waals surface area contributed by atoms with Gasteiger partial charge in [0.15, 0.2) is 0 Å². The van der Waals surface area contributed by atoms with Crippen molar-refractivity contribution in [1.82, 2.24) is 4.90 Å². The minimum atomic E-state index is -0.314. The molecule has 2 aliphatic rings. The molecule has 1 aliphatic heterocycles. The summed E-state index contributed by atoms with van der Waals surface area (Å²) in [6.45, 7) is 1.65. The first kappa shape index (κ1) is 17.5. The van der Waals surface area contributed by atoms with E-state index >= 15 is 0 Å². The van der Waals surface area contributed by atoms with Gasteiger partial charge in [0.1, 0.15) is 5.75 Å². The summed E-state index contributed by atoms with van der Waals surface area (Å²) >= 11 is 0. The Balaban J connectivity index is 1.70. The SMILES string of the molecule is COc1cccc(NC(=O)C2CC=CCC2C(=O)N2CCCCC2)c1. The third-order valence-corrected chi connectivity index (χ3v) is 5.09. The van der Waals surface area contributed by atoms with Gasteiger partial charge in [0.25, 0.3) is 0 Å². The molecule has 134 valence electrons. The van der Waals surface area contributed by atoms with Gasteiger partial charge in [-0.15, -0.1) is 0 Å². The van der Waals surface area contributed by atoms with Crippen LogP contribution in [0.4, 0.5) is 5.69 Å². The van der Waals surface area contributed by atoms with Crippen molar-refractivity contribution in [1.29, 1.82) is 0 Å². The van der Waals surface area contributed by atoms with Gasteiger partial charge in [0.05, 0.1) is 18.9 Å². The second-order valence-corrected chi connectivity index (χ2v) is 6.76. The summed E-state index contributed by atoms with van der Waals surface area (Å²) < 4.78 is 5.20. The highest BCUT2D eigenvalue weighted by Crippen LogP contribution is 2.30. The Morgan fingerprint density at radius 1 is 1.08 bits per heavy atom. The summed E-state index contributed by atoms with van der Waals surface area (Å²) in [4.78, 5) is 27.7. The van der Waals surface area contributed by atoms with E-state index in [2.05, 4.69) is 5.32 Å². The molecule has 0 aromatic heterocycles. The van der Waals surface area contributed by atoms with Gasteiger partial charge in [-0.05, 0) is 44.2 Å². The molecule has 1 heterocycles. The second-order valence-electron chi connectivity index (χ2n) is 6.76. The van der Waals surface area contributed by atoms with Crippen LogP contribution in [0, 0.1) is 11.8 Å². The third kappa shape index (κ3) is 4.21. The number of hydrogen-bond acceptors (Lipinski definition) is 3. The number of nitrogens with one attached hydrogen (secondary N) is 1. The molecular weight excluding hydrogens is 316 g/mol. The molecule has 2 atom stereocenters.